The van der Waals surface area contributed by atoms with Gasteiger partial charge in [-0.25, -0.2) is 14.5 Å². The van der Waals surface area contributed by atoms with Gasteiger partial charge in [-0.2, -0.15) is 0 Å². The molecule has 2 aromatic rings. The number of rotatable bonds is 17. The molecule has 0 saturated carbocycles. The van der Waals surface area contributed by atoms with Gasteiger partial charge in [0.1, 0.15) is 17.1 Å². The Kier molecular flexibility index (Phi) is 12.6. The summed E-state index contributed by atoms with van der Waals surface area (Å²) in [6.07, 6.45) is 1.52. The number of aromatic nitrogens is 5. The number of fused-ring (bicyclic) bond motifs is 1. The monoisotopic (exact) mass is 681 g/mol. The van der Waals surface area contributed by atoms with Crippen molar-refractivity contribution in [2.75, 3.05) is 37.9 Å². The molecule has 4 rings (SSSR count). The molecule has 2 aliphatic heterocycles. The number of hydrogen-bond donors (Lipinski definition) is 2. The largest absolute Gasteiger partial charge is 0.425 e. The van der Waals surface area contributed by atoms with Crippen LogP contribution in [0.15, 0.2) is 21.8 Å². The number of unbranched alkanes of at least 4 members (excludes halogenated alkanes) is 1. The van der Waals surface area contributed by atoms with Crippen LogP contribution in [0.4, 0.5) is 5.13 Å². The van der Waals surface area contributed by atoms with E-state index >= 15 is 0 Å². The number of anilines is 1. The van der Waals surface area contributed by atoms with Gasteiger partial charge in [0.15, 0.2) is 5.13 Å². The molecule has 2 amide bonds. The maximum atomic E-state index is 13.8. The Balaban J connectivity index is 1.52. The molecule has 0 spiro atoms. The molecule has 0 aliphatic carbocycles. The lowest BCUT2D eigenvalue weighted by Gasteiger charge is -2.49. The molecule has 1 saturated heterocycles. The number of carbonyl (C=O) groups is 4. The Labute approximate surface area is 274 Å². The predicted octanol–water partition coefficient (Wildman–Crippen LogP) is 1.67. The number of likely N-dealkylation sites (N-methyl/N-ethyl adjacent to an activating group) is 1. The van der Waals surface area contributed by atoms with Gasteiger partial charge in [-0.05, 0) is 42.9 Å². The van der Waals surface area contributed by atoms with Crippen molar-refractivity contribution in [2.24, 2.45) is 0 Å². The maximum Gasteiger partial charge on any atom is 0.358 e. The molecule has 0 bridgehead atoms. The Bertz CT molecular complexity index is 1400. The molecule has 0 radical (unpaired) electrons. The van der Waals surface area contributed by atoms with Gasteiger partial charge in [-0.1, -0.05) is 32.0 Å². The Morgan fingerprint density at radius 3 is 2.73 bits per heavy atom. The van der Waals surface area contributed by atoms with E-state index in [1.165, 1.54) is 39.8 Å². The highest BCUT2D eigenvalue weighted by Crippen LogP contribution is 2.42. The van der Waals surface area contributed by atoms with Crippen LogP contribution in [-0.4, -0.2) is 109 Å². The summed E-state index contributed by atoms with van der Waals surface area (Å²) in [7, 11) is 3.91. The number of nitrogens with one attached hydrogen (secondary N) is 1. The number of ether oxygens (including phenoxy) is 2. The average molecular weight is 682 g/mol. The summed E-state index contributed by atoms with van der Waals surface area (Å²) < 4.78 is 12.9. The van der Waals surface area contributed by atoms with E-state index in [9.17, 15) is 19.2 Å². The number of nitrogen functional groups attached to an aromatic ring is 1. The van der Waals surface area contributed by atoms with Crippen molar-refractivity contribution in [3.05, 3.63) is 22.3 Å². The van der Waals surface area contributed by atoms with E-state index in [1.807, 2.05) is 32.8 Å². The Hall–Kier alpha value is -3.22. The third-order valence-electron chi connectivity index (χ3n) is 6.86. The van der Waals surface area contributed by atoms with Gasteiger partial charge in [0.25, 0.3) is 5.91 Å². The summed E-state index contributed by atoms with van der Waals surface area (Å²) in [5.74, 6) is -1.31. The topological polar surface area (TPSA) is 188 Å². The van der Waals surface area contributed by atoms with Crippen LogP contribution in [0.3, 0.4) is 0 Å². The van der Waals surface area contributed by atoms with Crippen molar-refractivity contribution in [3.8, 4) is 0 Å². The minimum absolute atomic E-state index is 0.0217. The van der Waals surface area contributed by atoms with Crippen molar-refractivity contribution in [1.82, 2.24) is 40.3 Å². The van der Waals surface area contributed by atoms with E-state index in [0.29, 0.717) is 58.9 Å². The predicted molar refractivity (Wildman–Crippen MR) is 170 cm³/mol. The van der Waals surface area contributed by atoms with Gasteiger partial charge in [0.2, 0.25) is 17.4 Å². The van der Waals surface area contributed by atoms with Crippen molar-refractivity contribution >= 4 is 63.7 Å². The number of esters is 2. The molecule has 2 aromatic heterocycles. The van der Waals surface area contributed by atoms with Gasteiger partial charge >= 0.3 is 11.9 Å². The number of nitrogens with two attached hydrogens (primary N) is 1. The lowest BCUT2D eigenvalue weighted by molar-refractivity contribution is -0.188. The summed E-state index contributed by atoms with van der Waals surface area (Å²) in [5, 5.41) is 16.9. The number of thiazole rings is 1. The zero-order valence-electron chi connectivity index (χ0n) is 25.8. The molecule has 0 aromatic carbocycles. The zero-order valence-corrected chi connectivity index (χ0v) is 28.2. The van der Waals surface area contributed by atoms with E-state index in [0.717, 1.165) is 13.0 Å². The molecule has 246 valence electrons. The highest BCUT2D eigenvalue weighted by atomic mass is 32.2. The van der Waals surface area contributed by atoms with Crippen molar-refractivity contribution in [3.63, 3.8) is 0 Å². The lowest BCUT2D eigenvalue weighted by Crippen LogP contribution is -2.70. The van der Waals surface area contributed by atoms with E-state index in [4.69, 9.17) is 15.2 Å². The fourth-order valence-electron chi connectivity index (χ4n) is 4.54. The second-order valence-electron chi connectivity index (χ2n) is 10.8. The summed E-state index contributed by atoms with van der Waals surface area (Å²) in [4.78, 5) is 59.8. The molecule has 3 atom stereocenters. The second kappa shape index (κ2) is 16.4. The van der Waals surface area contributed by atoms with Crippen LogP contribution >= 0.6 is 34.9 Å². The van der Waals surface area contributed by atoms with E-state index in [-0.39, 0.29) is 24.4 Å². The fourth-order valence-corrected chi connectivity index (χ4v) is 7.49. The normalized spacial score (nSPS) is 18.4. The fraction of sp³-hybridized carbons (Fsp3) is 0.630. The first-order valence-electron chi connectivity index (χ1n) is 14.7. The Morgan fingerprint density at radius 1 is 1.24 bits per heavy atom. The highest BCUT2D eigenvalue weighted by molar-refractivity contribution is 8.01. The van der Waals surface area contributed by atoms with E-state index in [2.05, 4.69) is 25.8 Å². The molecular weight excluding hydrogens is 643 g/mol. The summed E-state index contributed by atoms with van der Waals surface area (Å²) in [6, 6.07) is -0.827. The zero-order chi connectivity index (χ0) is 32.5. The third kappa shape index (κ3) is 9.17. The van der Waals surface area contributed by atoms with Crippen molar-refractivity contribution in [2.45, 2.75) is 81.8 Å². The van der Waals surface area contributed by atoms with Crippen LogP contribution in [0.5, 0.6) is 0 Å². The van der Waals surface area contributed by atoms with Gasteiger partial charge in [0.05, 0.1) is 18.7 Å². The van der Waals surface area contributed by atoms with Gasteiger partial charge in [0, 0.05) is 36.3 Å². The molecule has 45 heavy (non-hydrogen) atoms. The van der Waals surface area contributed by atoms with Gasteiger partial charge in [-0.3, -0.25) is 19.3 Å². The van der Waals surface area contributed by atoms with Crippen molar-refractivity contribution < 1.29 is 28.7 Å². The first-order valence-corrected chi connectivity index (χ1v) is 17.6. The minimum Gasteiger partial charge on any atom is -0.425 e. The van der Waals surface area contributed by atoms with Crippen LogP contribution < -0.4 is 11.1 Å². The highest BCUT2D eigenvalue weighted by Gasteiger charge is 2.54. The first kappa shape index (κ1) is 34.6. The van der Waals surface area contributed by atoms with Crippen LogP contribution in [0.2, 0.25) is 0 Å². The number of thioether (sulfide) groups is 2. The van der Waals surface area contributed by atoms with Crippen LogP contribution in [0.1, 0.15) is 51.6 Å². The van der Waals surface area contributed by atoms with E-state index < -0.39 is 35.6 Å². The number of tetrazole rings is 1. The molecular formula is C27H39N9O6S3. The third-order valence-corrected chi connectivity index (χ3v) is 9.97. The maximum absolute atomic E-state index is 13.8. The Morgan fingerprint density at radius 2 is 2.04 bits per heavy atom. The molecule has 15 nitrogen and oxygen atoms in total. The standard InChI is InChI=1S/C27H39N9O6S3/c1-5-7-9-19(38)41-20(8-6-2)42-25(40)22-16(14-45-27-31-32-33-35(27)11-10-34(3)4)13-43-24-21(23(39)36(22)24)30-18(37)12-17-15-44-26(28)29-17/h15,20-21,24H,5-14H2,1-4H3,(H2,28,29)(H,30,37)/t20?,21-,24+/m1/s1. The molecule has 4 heterocycles. The number of amides is 2. The number of nitrogens with zero attached hydrogens (tertiary/aromatic N) is 7. The minimum atomic E-state index is -1.09. The summed E-state index contributed by atoms with van der Waals surface area (Å²) in [5.41, 5.74) is 6.93. The first-order chi connectivity index (χ1) is 21.6. The molecule has 3 N–H and O–H groups in total. The van der Waals surface area contributed by atoms with Crippen LogP contribution in [-0.2, 0) is 41.6 Å². The molecule has 1 unspecified atom stereocenters. The number of hydrogen-bond acceptors (Lipinski definition) is 15. The quantitative estimate of drug-likeness (QED) is 0.106. The summed E-state index contributed by atoms with van der Waals surface area (Å²) in [6.45, 7) is 5.17. The molecule has 2 aliphatic rings. The van der Waals surface area contributed by atoms with Crippen LogP contribution in [0, 0.1) is 0 Å². The van der Waals surface area contributed by atoms with Crippen molar-refractivity contribution in [1.29, 1.82) is 0 Å². The summed E-state index contributed by atoms with van der Waals surface area (Å²) >= 11 is 4.02. The average Bonchev–Trinajstić information content (AvgIpc) is 3.63. The number of carbonyl (C=O) groups excluding carboxylic acids is 4. The SMILES string of the molecule is CCCCC(=O)OC(CCC)OC(=O)C1=C(CSc2nnnn2CCN(C)C)CS[C@H]2[C@H](NC(=O)Cc3csc(N)n3)C(=O)N12. The smallest absolute Gasteiger partial charge is 0.358 e. The van der Waals surface area contributed by atoms with E-state index in [1.54, 1.807) is 10.1 Å². The second-order valence-corrected chi connectivity index (χ2v) is 13.7. The van der Waals surface area contributed by atoms with Gasteiger partial charge in [-0.15, -0.1) is 28.2 Å². The number of β-lactam (4-membered cyclic amide) rings is 1. The molecule has 1 fully saturated rings. The van der Waals surface area contributed by atoms with Gasteiger partial charge < -0.3 is 25.4 Å². The molecule has 18 heteroatoms. The van der Waals surface area contributed by atoms with Crippen LogP contribution in [0.25, 0.3) is 0 Å². The lowest BCUT2D eigenvalue weighted by atomic mass is 10.0.